The average molecular weight is 352 g/mol. The number of hydrogen-bond acceptors (Lipinski definition) is 3. The van der Waals surface area contributed by atoms with Gasteiger partial charge in [-0.1, -0.05) is 0 Å². The molecule has 0 aliphatic heterocycles. The molecule has 0 N–H and O–H groups in total. The number of aromatic nitrogens is 1. The Kier molecular flexibility index (Phi) is 5.45. The van der Waals surface area contributed by atoms with Crippen molar-refractivity contribution in [1.82, 2.24) is 18.6 Å². The predicted molar refractivity (Wildman–Crippen MR) is 101 cm³/mol. The average Bonchev–Trinajstić information content (AvgIpc) is 2.91. The lowest BCUT2D eigenvalue weighted by Gasteiger charge is -2.31. The Morgan fingerprint density at radius 2 is 1.67 bits per heavy atom. The lowest BCUT2D eigenvalue weighted by molar-refractivity contribution is 0.322. The van der Waals surface area contributed by atoms with E-state index in [2.05, 4.69) is 11.8 Å². The Bertz CT molecular complexity index is 755. The van der Waals surface area contributed by atoms with Gasteiger partial charge < -0.3 is 9.64 Å². The minimum atomic E-state index is -2.91. The van der Waals surface area contributed by atoms with Gasteiger partial charge in [0, 0.05) is 17.6 Å². The summed E-state index contributed by atoms with van der Waals surface area (Å²) in [7, 11) is 10.3. The van der Waals surface area contributed by atoms with Gasteiger partial charge in [0.1, 0.15) is 5.75 Å². The van der Waals surface area contributed by atoms with Crippen LogP contribution in [0.2, 0.25) is 0 Å². The molecule has 1 unspecified atom stereocenters. The van der Waals surface area contributed by atoms with E-state index in [9.17, 15) is 4.57 Å². The summed E-state index contributed by atoms with van der Waals surface area (Å²) >= 11 is 0. The van der Waals surface area contributed by atoms with Crippen LogP contribution in [0.5, 0.6) is 5.75 Å². The second-order valence-corrected chi connectivity index (χ2v) is 9.72. The molecule has 0 saturated carbocycles. The van der Waals surface area contributed by atoms with Gasteiger partial charge in [-0.05, 0) is 73.0 Å². The fourth-order valence-electron chi connectivity index (χ4n) is 2.91. The number of hydrogen-bond donors (Lipinski definition) is 0. The fraction of sp³-hybridized carbons (Fsp3) is 0.529. The Morgan fingerprint density at radius 3 is 2.12 bits per heavy atom. The van der Waals surface area contributed by atoms with Crippen LogP contribution in [0, 0.1) is 0 Å². The largest absolute Gasteiger partial charge is 0.497 e. The molecule has 0 fully saturated rings. The van der Waals surface area contributed by atoms with E-state index in [4.69, 9.17) is 4.74 Å². The Balaban J connectivity index is 2.83. The minimum absolute atomic E-state index is 0.193. The molecule has 1 aromatic carbocycles. The molecule has 7 heteroatoms. The van der Waals surface area contributed by atoms with Crippen molar-refractivity contribution < 1.29 is 9.30 Å². The molecule has 0 bridgehead atoms. The van der Waals surface area contributed by atoms with Crippen LogP contribution in [0.4, 0.5) is 0 Å². The van der Waals surface area contributed by atoms with Gasteiger partial charge in [-0.3, -0.25) is 8.90 Å². The zero-order valence-electron chi connectivity index (χ0n) is 15.9. The van der Waals surface area contributed by atoms with Gasteiger partial charge >= 0.3 is 7.59 Å². The van der Waals surface area contributed by atoms with Crippen molar-refractivity contribution in [3.8, 4) is 5.75 Å². The van der Waals surface area contributed by atoms with Gasteiger partial charge in [0.25, 0.3) is 0 Å². The molecule has 0 aliphatic rings. The maximum absolute atomic E-state index is 13.8. The highest BCUT2D eigenvalue weighted by atomic mass is 31.2. The number of nitrogens with zero attached hydrogens (tertiary/aromatic N) is 4. The van der Waals surface area contributed by atoms with Crippen molar-refractivity contribution in [2.75, 3.05) is 49.4 Å². The van der Waals surface area contributed by atoms with Crippen molar-refractivity contribution in [3.05, 3.63) is 30.0 Å². The minimum Gasteiger partial charge on any atom is -0.497 e. The third-order valence-corrected chi connectivity index (χ3v) is 7.55. The van der Waals surface area contributed by atoms with Crippen molar-refractivity contribution in [1.29, 1.82) is 0 Å². The van der Waals surface area contributed by atoms with Crippen LogP contribution in [0.15, 0.2) is 24.4 Å². The zero-order valence-corrected chi connectivity index (χ0v) is 16.8. The molecule has 0 amide bonds. The van der Waals surface area contributed by atoms with Crippen LogP contribution < -0.4 is 4.74 Å². The third kappa shape index (κ3) is 3.00. The van der Waals surface area contributed by atoms with Crippen LogP contribution in [0.25, 0.3) is 10.9 Å². The summed E-state index contributed by atoms with van der Waals surface area (Å²) in [5.41, 5.74) is 2.09. The van der Waals surface area contributed by atoms with Crippen LogP contribution >= 0.6 is 7.59 Å². The summed E-state index contributed by atoms with van der Waals surface area (Å²) in [6.45, 7) is 2.15. The number of fused-ring (bicyclic) bond motifs is 1. The van der Waals surface area contributed by atoms with Crippen LogP contribution in [0.3, 0.4) is 0 Å². The van der Waals surface area contributed by atoms with Crippen molar-refractivity contribution in [2.24, 2.45) is 0 Å². The van der Waals surface area contributed by atoms with E-state index in [-0.39, 0.29) is 6.04 Å². The Morgan fingerprint density at radius 1 is 1.08 bits per heavy atom. The van der Waals surface area contributed by atoms with Gasteiger partial charge in [-0.2, -0.15) is 0 Å². The summed E-state index contributed by atoms with van der Waals surface area (Å²) in [6.07, 6.45) is 2.02. The van der Waals surface area contributed by atoms with Crippen molar-refractivity contribution in [2.45, 2.75) is 13.0 Å². The molecule has 24 heavy (non-hydrogen) atoms. The standard InChI is InChI=1S/C17H29N4O2P/c1-13(18(2)3)16-12-21(24(22,19(4)5)20(6)7)17-10-9-14(23-8)11-15(16)17/h9-13H,1-8H3. The van der Waals surface area contributed by atoms with E-state index in [1.54, 1.807) is 16.5 Å². The second-order valence-electron chi connectivity index (χ2n) is 6.66. The van der Waals surface area contributed by atoms with Crippen LogP contribution in [-0.4, -0.2) is 68.0 Å². The molecule has 0 saturated heterocycles. The molecule has 2 aromatic rings. The topological polar surface area (TPSA) is 41.0 Å². The summed E-state index contributed by atoms with van der Waals surface area (Å²) in [4.78, 5) is 2.15. The lowest BCUT2D eigenvalue weighted by atomic mass is 10.1. The first-order chi connectivity index (χ1) is 11.1. The Labute approximate surface area is 145 Å². The normalized spacial score (nSPS) is 14.1. The van der Waals surface area contributed by atoms with Crippen molar-refractivity contribution in [3.63, 3.8) is 0 Å². The van der Waals surface area contributed by atoms with E-state index in [1.165, 1.54) is 0 Å². The van der Waals surface area contributed by atoms with Crippen LogP contribution in [-0.2, 0) is 4.57 Å². The van der Waals surface area contributed by atoms with E-state index < -0.39 is 7.59 Å². The lowest BCUT2D eigenvalue weighted by Crippen LogP contribution is -2.25. The van der Waals surface area contributed by atoms with E-state index in [1.807, 2.05) is 71.0 Å². The molecule has 134 valence electrons. The number of benzene rings is 1. The monoisotopic (exact) mass is 352 g/mol. The smallest absolute Gasteiger partial charge is 0.314 e. The first kappa shape index (κ1) is 19.0. The third-order valence-electron chi connectivity index (χ3n) is 4.57. The number of methoxy groups -OCH3 is 1. The summed E-state index contributed by atoms with van der Waals surface area (Å²) in [6, 6.07) is 6.12. The molecule has 6 nitrogen and oxygen atoms in total. The van der Waals surface area contributed by atoms with E-state index in [0.717, 1.165) is 22.2 Å². The quantitative estimate of drug-likeness (QED) is 0.746. The van der Waals surface area contributed by atoms with E-state index >= 15 is 0 Å². The number of rotatable bonds is 6. The van der Waals surface area contributed by atoms with Gasteiger partial charge in [-0.15, -0.1) is 0 Å². The zero-order chi connectivity index (χ0) is 18.2. The molecule has 2 rings (SSSR count). The fourth-order valence-corrected chi connectivity index (χ4v) is 5.13. The summed E-state index contributed by atoms with van der Waals surface area (Å²) < 4.78 is 24.7. The second kappa shape index (κ2) is 6.89. The highest BCUT2D eigenvalue weighted by molar-refractivity contribution is 7.57. The molecule has 1 atom stereocenters. The molecule has 0 spiro atoms. The molecule has 1 heterocycles. The highest BCUT2D eigenvalue weighted by Gasteiger charge is 2.33. The van der Waals surface area contributed by atoms with Crippen LogP contribution in [0.1, 0.15) is 18.5 Å². The van der Waals surface area contributed by atoms with Crippen molar-refractivity contribution >= 4 is 18.5 Å². The SMILES string of the molecule is COc1ccc2c(c1)c(C(C)N(C)C)cn2P(=O)(N(C)C)N(C)C. The molecule has 0 aliphatic carbocycles. The predicted octanol–water partition coefficient (Wildman–Crippen LogP) is 3.35. The highest BCUT2D eigenvalue weighted by Crippen LogP contribution is 2.54. The van der Waals surface area contributed by atoms with E-state index in [0.29, 0.717) is 0 Å². The van der Waals surface area contributed by atoms with Gasteiger partial charge in [0.15, 0.2) is 0 Å². The molecular formula is C17H29N4O2P. The van der Waals surface area contributed by atoms with Gasteiger partial charge in [-0.25, -0.2) is 9.34 Å². The summed E-state index contributed by atoms with van der Waals surface area (Å²) in [5, 5.41) is 1.07. The molecular weight excluding hydrogens is 323 g/mol. The summed E-state index contributed by atoms with van der Waals surface area (Å²) in [5.74, 6) is 0.803. The molecule has 1 aromatic heterocycles. The maximum Gasteiger partial charge on any atom is 0.314 e. The maximum atomic E-state index is 13.8. The Hall–Kier alpha value is -1.33. The molecule has 0 radical (unpaired) electrons. The first-order valence-corrected chi connectivity index (χ1v) is 9.53. The van der Waals surface area contributed by atoms with Gasteiger partial charge in [0.05, 0.1) is 12.6 Å². The van der Waals surface area contributed by atoms with Gasteiger partial charge in [0.2, 0.25) is 0 Å². The first-order valence-electron chi connectivity index (χ1n) is 7.96. The number of ether oxygens (including phenoxy) is 1.